The van der Waals surface area contributed by atoms with Gasteiger partial charge in [0.2, 0.25) is 5.91 Å². The zero-order chi connectivity index (χ0) is 12.4. The van der Waals surface area contributed by atoms with E-state index in [0.717, 1.165) is 11.1 Å². The van der Waals surface area contributed by atoms with E-state index in [1.54, 1.807) is 0 Å². The van der Waals surface area contributed by atoms with Crippen LogP contribution >= 0.6 is 0 Å². The van der Waals surface area contributed by atoms with Crippen LogP contribution < -0.4 is 0 Å². The van der Waals surface area contributed by atoms with Gasteiger partial charge in [-0.2, -0.15) is 0 Å². The number of amides is 1. The highest BCUT2D eigenvalue weighted by Gasteiger charge is 2.32. The second-order valence-electron chi connectivity index (χ2n) is 4.60. The molecule has 4 heteroatoms. The van der Waals surface area contributed by atoms with Crippen molar-refractivity contribution in [2.45, 2.75) is 25.6 Å². The lowest BCUT2D eigenvalue weighted by molar-refractivity contribution is -0.129. The quantitative estimate of drug-likeness (QED) is 0.764. The van der Waals surface area contributed by atoms with E-state index in [-0.39, 0.29) is 19.0 Å². The predicted octanol–water partition coefficient (Wildman–Crippen LogP) is 0.102. The summed E-state index contributed by atoms with van der Waals surface area (Å²) in [5, 5.41) is 18.8. The summed E-state index contributed by atoms with van der Waals surface area (Å²) in [4.78, 5) is 13.4. The van der Waals surface area contributed by atoms with Gasteiger partial charge in [-0.15, -0.1) is 0 Å². The maximum absolute atomic E-state index is 11.9. The van der Waals surface area contributed by atoms with Crippen LogP contribution in [0.3, 0.4) is 0 Å². The minimum atomic E-state index is -0.809. The summed E-state index contributed by atoms with van der Waals surface area (Å²) < 4.78 is 0. The van der Waals surface area contributed by atoms with Gasteiger partial charge in [0.15, 0.2) is 0 Å². The van der Waals surface area contributed by atoms with Crippen molar-refractivity contribution in [3.05, 3.63) is 35.4 Å². The summed E-state index contributed by atoms with van der Waals surface area (Å²) in [6.45, 7) is 2.44. The minimum absolute atomic E-state index is 0.0498. The third-order valence-electron chi connectivity index (χ3n) is 3.05. The number of rotatable bonds is 2. The Morgan fingerprint density at radius 1 is 1.35 bits per heavy atom. The fraction of sp³-hybridized carbons (Fsp3) is 0.462. The summed E-state index contributed by atoms with van der Waals surface area (Å²) >= 11 is 0. The first-order valence-electron chi connectivity index (χ1n) is 5.75. The molecule has 1 heterocycles. The van der Waals surface area contributed by atoms with Crippen LogP contribution in [0.25, 0.3) is 0 Å². The van der Waals surface area contributed by atoms with Gasteiger partial charge in [0.1, 0.15) is 0 Å². The van der Waals surface area contributed by atoms with E-state index in [2.05, 4.69) is 0 Å². The Labute approximate surface area is 100 Å². The molecule has 0 aromatic heterocycles. The molecule has 1 aliphatic heterocycles. The third kappa shape index (κ3) is 2.84. The minimum Gasteiger partial charge on any atom is -0.388 e. The van der Waals surface area contributed by atoms with E-state index in [0.29, 0.717) is 6.42 Å². The van der Waals surface area contributed by atoms with Crippen molar-refractivity contribution in [3.8, 4) is 0 Å². The van der Waals surface area contributed by atoms with Gasteiger partial charge >= 0.3 is 0 Å². The number of β-amino-alcohol motifs (C(OH)–C–C–N with tert-alkyl or cyclic N) is 2. The number of hydrogen-bond donors (Lipinski definition) is 2. The Kier molecular flexibility index (Phi) is 3.45. The Morgan fingerprint density at radius 2 is 2.00 bits per heavy atom. The molecule has 2 atom stereocenters. The zero-order valence-corrected chi connectivity index (χ0v) is 9.84. The molecule has 1 fully saturated rings. The van der Waals surface area contributed by atoms with Gasteiger partial charge in [0, 0.05) is 13.1 Å². The summed E-state index contributed by atoms with van der Waals surface area (Å²) in [6.07, 6.45) is -1.30. The monoisotopic (exact) mass is 235 g/mol. The molecule has 2 N–H and O–H groups in total. The number of hydrogen-bond acceptors (Lipinski definition) is 3. The summed E-state index contributed by atoms with van der Waals surface area (Å²) in [5.41, 5.74) is 2.09. The number of carbonyl (C=O) groups is 1. The second kappa shape index (κ2) is 4.85. The molecule has 1 aromatic rings. The van der Waals surface area contributed by atoms with Crippen LogP contribution in [0, 0.1) is 6.92 Å². The zero-order valence-electron chi connectivity index (χ0n) is 9.84. The number of likely N-dealkylation sites (tertiary alicyclic amines) is 1. The molecule has 1 saturated heterocycles. The molecule has 0 spiro atoms. The Hall–Kier alpha value is -1.39. The van der Waals surface area contributed by atoms with Crippen LogP contribution in [0.15, 0.2) is 24.3 Å². The lowest BCUT2D eigenvalue weighted by atomic mass is 10.1. The summed E-state index contributed by atoms with van der Waals surface area (Å²) in [7, 11) is 0. The van der Waals surface area contributed by atoms with Crippen molar-refractivity contribution in [2.75, 3.05) is 13.1 Å². The Morgan fingerprint density at radius 3 is 2.59 bits per heavy atom. The number of carbonyl (C=O) groups excluding carboxylic acids is 1. The topological polar surface area (TPSA) is 60.8 Å². The van der Waals surface area contributed by atoms with Gasteiger partial charge < -0.3 is 15.1 Å². The first kappa shape index (κ1) is 12.1. The van der Waals surface area contributed by atoms with Crippen LogP contribution in [-0.2, 0) is 11.2 Å². The van der Waals surface area contributed by atoms with Crippen LogP contribution in [0.2, 0.25) is 0 Å². The Bertz CT molecular complexity index is 409. The second-order valence-corrected chi connectivity index (χ2v) is 4.60. The third-order valence-corrected chi connectivity index (χ3v) is 3.05. The van der Waals surface area contributed by atoms with Crippen LogP contribution in [0.5, 0.6) is 0 Å². The normalized spacial score (nSPS) is 24.1. The lowest BCUT2D eigenvalue weighted by Crippen LogP contribution is -2.31. The maximum Gasteiger partial charge on any atom is 0.227 e. The average molecular weight is 235 g/mol. The fourth-order valence-corrected chi connectivity index (χ4v) is 2.08. The van der Waals surface area contributed by atoms with E-state index < -0.39 is 12.2 Å². The largest absolute Gasteiger partial charge is 0.388 e. The van der Waals surface area contributed by atoms with E-state index >= 15 is 0 Å². The molecule has 92 valence electrons. The van der Waals surface area contributed by atoms with E-state index in [4.69, 9.17) is 0 Å². The molecule has 0 bridgehead atoms. The highest BCUT2D eigenvalue weighted by atomic mass is 16.3. The average Bonchev–Trinajstić information content (AvgIpc) is 2.59. The van der Waals surface area contributed by atoms with Crippen molar-refractivity contribution in [1.82, 2.24) is 4.90 Å². The highest BCUT2D eigenvalue weighted by molar-refractivity contribution is 5.79. The van der Waals surface area contributed by atoms with Crippen molar-refractivity contribution in [3.63, 3.8) is 0 Å². The molecule has 1 aliphatic rings. The fourth-order valence-electron chi connectivity index (χ4n) is 2.08. The maximum atomic E-state index is 11.9. The molecular weight excluding hydrogens is 218 g/mol. The van der Waals surface area contributed by atoms with Crippen molar-refractivity contribution in [2.24, 2.45) is 0 Å². The van der Waals surface area contributed by atoms with E-state index in [9.17, 15) is 15.0 Å². The first-order chi connectivity index (χ1) is 8.06. The molecule has 2 rings (SSSR count). The van der Waals surface area contributed by atoms with Gasteiger partial charge in [-0.3, -0.25) is 4.79 Å². The van der Waals surface area contributed by atoms with Crippen LogP contribution in [0.4, 0.5) is 0 Å². The molecule has 4 nitrogen and oxygen atoms in total. The number of benzene rings is 1. The van der Waals surface area contributed by atoms with Crippen molar-refractivity contribution >= 4 is 5.91 Å². The molecule has 0 aliphatic carbocycles. The van der Waals surface area contributed by atoms with Gasteiger partial charge in [-0.05, 0) is 12.5 Å². The van der Waals surface area contributed by atoms with E-state index in [1.807, 2.05) is 31.2 Å². The molecule has 1 amide bonds. The number of aryl methyl sites for hydroxylation is 1. The Balaban J connectivity index is 1.98. The summed E-state index contributed by atoms with van der Waals surface area (Å²) in [5.74, 6) is -0.0498. The molecule has 2 unspecified atom stereocenters. The van der Waals surface area contributed by atoms with Crippen LogP contribution in [-0.4, -0.2) is 46.3 Å². The highest BCUT2D eigenvalue weighted by Crippen LogP contribution is 2.13. The standard InChI is InChI=1S/C13H17NO3/c1-9-3-2-4-10(5-9)6-13(17)14-7-11(15)12(16)8-14/h2-5,11-12,15-16H,6-8H2,1H3. The number of aliphatic hydroxyl groups is 2. The molecular formula is C13H17NO3. The number of aliphatic hydroxyl groups excluding tert-OH is 2. The van der Waals surface area contributed by atoms with E-state index in [1.165, 1.54) is 4.90 Å². The van der Waals surface area contributed by atoms with Gasteiger partial charge in [-0.1, -0.05) is 29.8 Å². The number of nitrogens with zero attached hydrogens (tertiary/aromatic N) is 1. The molecule has 1 aromatic carbocycles. The first-order valence-corrected chi connectivity index (χ1v) is 5.75. The lowest BCUT2D eigenvalue weighted by Gasteiger charge is -2.15. The van der Waals surface area contributed by atoms with Crippen molar-refractivity contribution in [1.29, 1.82) is 0 Å². The van der Waals surface area contributed by atoms with Crippen molar-refractivity contribution < 1.29 is 15.0 Å². The smallest absolute Gasteiger partial charge is 0.227 e. The predicted molar refractivity (Wildman–Crippen MR) is 63.5 cm³/mol. The molecule has 17 heavy (non-hydrogen) atoms. The van der Waals surface area contributed by atoms with Gasteiger partial charge in [0.05, 0.1) is 18.6 Å². The van der Waals surface area contributed by atoms with Gasteiger partial charge in [0.25, 0.3) is 0 Å². The molecule has 0 radical (unpaired) electrons. The van der Waals surface area contributed by atoms with Gasteiger partial charge in [-0.25, -0.2) is 0 Å². The SMILES string of the molecule is Cc1cccc(CC(=O)N2CC(O)C(O)C2)c1. The summed E-state index contributed by atoms with van der Waals surface area (Å²) in [6, 6.07) is 7.79. The molecule has 0 saturated carbocycles. The van der Waals surface area contributed by atoms with Crippen LogP contribution in [0.1, 0.15) is 11.1 Å².